The maximum absolute atomic E-state index is 11.8. The van der Waals surface area contributed by atoms with Crippen LogP contribution in [0.4, 0.5) is 0 Å². The van der Waals surface area contributed by atoms with Crippen LogP contribution in [-0.2, 0) is 16.0 Å². The van der Waals surface area contributed by atoms with Crippen LogP contribution in [-0.4, -0.2) is 56.9 Å². The molecule has 24 heavy (non-hydrogen) atoms. The van der Waals surface area contributed by atoms with E-state index >= 15 is 0 Å². The van der Waals surface area contributed by atoms with E-state index in [9.17, 15) is 4.79 Å². The number of aromatic nitrogens is 4. The molecule has 0 N–H and O–H groups in total. The summed E-state index contributed by atoms with van der Waals surface area (Å²) in [7, 11) is 0. The summed E-state index contributed by atoms with van der Waals surface area (Å²) in [6, 6.07) is 3.87. The van der Waals surface area contributed by atoms with Crippen LogP contribution in [0.1, 0.15) is 36.8 Å². The van der Waals surface area contributed by atoms with Crippen LogP contribution in [0.2, 0.25) is 0 Å². The molecule has 0 spiro atoms. The van der Waals surface area contributed by atoms with Crippen LogP contribution in [0.15, 0.2) is 24.5 Å². The molecule has 0 aromatic carbocycles. The minimum atomic E-state index is 0.242. The van der Waals surface area contributed by atoms with E-state index in [1.165, 1.54) is 0 Å². The van der Waals surface area contributed by atoms with Crippen LogP contribution >= 0.6 is 0 Å². The van der Waals surface area contributed by atoms with Crippen molar-refractivity contribution >= 4 is 5.91 Å². The first-order valence-electron chi connectivity index (χ1n) is 8.53. The average molecular weight is 327 g/mol. The average Bonchev–Trinajstić information content (AvgIpc) is 3.34. The number of carbonyl (C=O) groups is 1. The Balaban J connectivity index is 1.59. The van der Waals surface area contributed by atoms with Gasteiger partial charge in [-0.2, -0.15) is 5.10 Å². The standard InChI is InChI=1S/C17H21N5O2/c23-16-4-2-8-21(16)9-5-15-19-17(13-6-10-24-12-13)20-22(15)14-3-1-7-18-11-14/h1,3,7,11,13H,2,4-6,8-10,12H2. The lowest BCUT2D eigenvalue weighted by atomic mass is 10.1. The Hall–Kier alpha value is -2.28. The highest BCUT2D eigenvalue weighted by Gasteiger charge is 2.25. The Labute approximate surface area is 140 Å². The van der Waals surface area contributed by atoms with E-state index < -0.39 is 0 Å². The number of carbonyl (C=O) groups excluding carboxylic acids is 1. The number of pyridine rings is 1. The molecule has 2 aromatic rings. The van der Waals surface area contributed by atoms with Crippen LogP contribution in [0, 0.1) is 0 Å². The molecule has 2 saturated heterocycles. The fourth-order valence-corrected chi connectivity index (χ4v) is 3.30. The third-order valence-electron chi connectivity index (χ3n) is 4.65. The number of hydrogen-bond donors (Lipinski definition) is 0. The van der Waals surface area contributed by atoms with E-state index in [1.54, 1.807) is 12.4 Å². The third-order valence-corrected chi connectivity index (χ3v) is 4.65. The molecule has 2 aliphatic heterocycles. The van der Waals surface area contributed by atoms with Crippen molar-refractivity contribution in [3.8, 4) is 5.69 Å². The Morgan fingerprint density at radius 3 is 3.04 bits per heavy atom. The van der Waals surface area contributed by atoms with Gasteiger partial charge >= 0.3 is 0 Å². The van der Waals surface area contributed by atoms with Crippen LogP contribution < -0.4 is 0 Å². The third kappa shape index (κ3) is 3.03. The first-order chi connectivity index (χ1) is 11.8. The highest BCUT2D eigenvalue weighted by molar-refractivity contribution is 5.78. The van der Waals surface area contributed by atoms with Crippen LogP contribution in [0.5, 0.6) is 0 Å². The van der Waals surface area contributed by atoms with Gasteiger partial charge in [-0.25, -0.2) is 9.67 Å². The Kier molecular flexibility index (Phi) is 4.25. The predicted molar refractivity (Wildman–Crippen MR) is 86.8 cm³/mol. The molecular formula is C17H21N5O2. The van der Waals surface area contributed by atoms with E-state index in [1.807, 2.05) is 21.7 Å². The van der Waals surface area contributed by atoms with Crippen molar-refractivity contribution in [1.29, 1.82) is 0 Å². The van der Waals surface area contributed by atoms with Gasteiger partial charge in [0.15, 0.2) is 5.82 Å². The quantitative estimate of drug-likeness (QED) is 0.828. The fourth-order valence-electron chi connectivity index (χ4n) is 3.30. The summed E-state index contributed by atoms with van der Waals surface area (Å²) in [5.41, 5.74) is 0.901. The summed E-state index contributed by atoms with van der Waals surface area (Å²) in [6.07, 6.45) is 6.81. The highest BCUT2D eigenvalue weighted by Crippen LogP contribution is 2.24. The van der Waals surface area contributed by atoms with E-state index in [2.05, 4.69) is 4.98 Å². The van der Waals surface area contributed by atoms with E-state index in [4.69, 9.17) is 14.8 Å². The first-order valence-corrected chi connectivity index (χ1v) is 8.53. The summed E-state index contributed by atoms with van der Waals surface area (Å²) in [6.45, 7) is 2.99. The summed E-state index contributed by atoms with van der Waals surface area (Å²) < 4.78 is 7.33. The topological polar surface area (TPSA) is 73.1 Å². The van der Waals surface area contributed by atoms with Crippen molar-refractivity contribution in [2.24, 2.45) is 0 Å². The molecule has 7 heteroatoms. The summed E-state index contributed by atoms with van der Waals surface area (Å²) in [5.74, 6) is 2.21. The molecule has 0 bridgehead atoms. The number of amides is 1. The predicted octanol–water partition coefficient (Wildman–Crippen LogP) is 1.33. The number of ether oxygens (including phenoxy) is 1. The molecular weight excluding hydrogens is 306 g/mol. The molecule has 4 heterocycles. The van der Waals surface area contributed by atoms with E-state index in [0.29, 0.717) is 26.0 Å². The Morgan fingerprint density at radius 1 is 1.38 bits per heavy atom. The van der Waals surface area contributed by atoms with Crippen molar-refractivity contribution < 1.29 is 9.53 Å². The van der Waals surface area contributed by atoms with Crippen LogP contribution in [0.25, 0.3) is 5.69 Å². The lowest BCUT2D eigenvalue weighted by molar-refractivity contribution is -0.127. The summed E-state index contributed by atoms with van der Waals surface area (Å²) in [4.78, 5) is 22.7. The van der Waals surface area contributed by atoms with Gasteiger partial charge in [0, 0.05) is 44.7 Å². The molecule has 0 aliphatic carbocycles. The van der Waals surface area contributed by atoms with Crippen molar-refractivity contribution in [3.05, 3.63) is 36.2 Å². The molecule has 2 aromatic heterocycles. The van der Waals surface area contributed by atoms with Gasteiger partial charge in [0.05, 0.1) is 18.5 Å². The van der Waals surface area contributed by atoms with Gasteiger partial charge in [0.1, 0.15) is 5.82 Å². The van der Waals surface area contributed by atoms with Crippen LogP contribution in [0.3, 0.4) is 0 Å². The van der Waals surface area contributed by atoms with E-state index in [0.717, 1.165) is 43.3 Å². The minimum absolute atomic E-state index is 0.242. The SMILES string of the molecule is O=C1CCCN1CCc1nc(C2CCOC2)nn1-c1cccnc1. The lowest BCUT2D eigenvalue weighted by Crippen LogP contribution is -2.27. The molecule has 4 rings (SSSR count). The Bertz CT molecular complexity index is 709. The van der Waals surface area contributed by atoms with Gasteiger partial charge in [-0.05, 0) is 25.0 Å². The smallest absolute Gasteiger partial charge is 0.222 e. The zero-order valence-corrected chi connectivity index (χ0v) is 13.6. The number of hydrogen-bond acceptors (Lipinski definition) is 5. The number of rotatable bonds is 5. The Morgan fingerprint density at radius 2 is 2.33 bits per heavy atom. The van der Waals surface area contributed by atoms with E-state index in [-0.39, 0.29) is 11.8 Å². The van der Waals surface area contributed by atoms with Gasteiger partial charge in [-0.1, -0.05) is 0 Å². The fraction of sp³-hybridized carbons (Fsp3) is 0.529. The van der Waals surface area contributed by atoms with Crippen molar-refractivity contribution in [3.63, 3.8) is 0 Å². The molecule has 126 valence electrons. The van der Waals surface area contributed by atoms with Crippen molar-refractivity contribution in [2.75, 3.05) is 26.3 Å². The van der Waals surface area contributed by atoms with Gasteiger partial charge in [-0.3, -0.25) is 9.78 Å². The van der Waals surface area contributed by atoms with Gasteiger partial charge in [0.25, 0.3) is 0 Å². The molecule has 2 fully saturated rings. The summed E-state index contributed by atoms with van der Waals surface area (Å²) >= 11 is 0. The molecule has 2 aliphatic rings. The van der Waals surface area contributed by atoms with Crippen molar-refractivity contribution in [1.82, 2.24) is 24.6 Å². The molecule has 7 nitrogen and oxygen atoms in total. The zero-order chi connectivity index (χ0) is 16.4. The molecule has 0 saturated carbocycles. The first kappa shape index (κ1) is 15.3. The molecule has 1 unspecified atom stereocenters. The normalized spacial score (nSPS) is 20.9. The van der Waals surface area contributed by atoms with Gasteiger partial charge < -0.3 is 9.64 Å². The lowest BCUT2D eigenvalue weighted by Gasteiger charge is -2.15. The second kappa shape index (κ2) is 6.68. The molecule has 1 atom stereocenters. The maximum Gasteiger partial charge on any atom is 0.222 e. The second-order valence-electron chi connectivity index (χ2n) is 6.30. The molecule has 1 amide bonds. The number of likely N-dealkylation sites (tertiary alicyclic amines) is 1. The number of nitrogens with zero attached hydrogens (tertiary/aromatic N) is 5. The largest absolute Gasteiger partial charge is 0.381 e. The van der Waals surface area contributed by atoms with Crippen molar-refractivity contribution in [2.45, 2.75) is 31.6 Å². The van der Waals surface area contributed by atoms with Gasteiger partial charge in [-0.15, -0.1) is 0 Å². The minimum Gasteiger partial charge on any atom is -0.381 e. The monoisotopic (exact) mass is 327 g/mol. The maximum atomic E-state index is 11.8. The highest BCUT2D eigenvalue weighted by atomic mass is 16.5. The zero-order valence-electron chi connectivity index (χ0n) is 13.6. The summed E-state index contributed by atoms with van der Waals surface area (Å²) in [5, 5.41) is 4.71. The van der Waals surface area contributed by atoms with Gasteiger partial charge in [0.2, 0.25) is 5.91 Å². The second-order valence-corrected chi connectivity index (χ2v) is 6.30. The molecule has 0 radical (unpaired) electrons.